The van der Waals surface area contributed by atoms with Gasteiger partial charge in [0.05, 0.1) is 34.4 Å². The Morgan fingerprint density at radius 2 is 1.21 bits per heavy atom. The second-order valence-corrected chi connectivity index (χ2v) is 14.6. The highest BCUT2D eigenvalue weighted by Crippen LogP contribution is 2.38. The third-order valence-electron chi connectivity index (χ3n) is 7.28. The molecular formula is C39H70NO7P. The maximum absolute atomic E-state index is 12.6. The van der Waals surface area contributed by atoms with E-state index in [2.05, 4.69) is 74.6 Å². The van der Waals surface area contributed by atoms with Crippen LogP contribution in [-0.4, -0.2) is 70.7 Å². The van der Waals surface area contributed by atoms with Crippen molar-refractivity contribution in [1.29, 1.82) is 0 Å². The highest BCUT2D eigenvalue weighted by molar-refractivity contribution is 7.45. The molecule has 0 fully saturated rings. The normalized spacial score (nSPS) is 14.7. The predicted octanol–water partition coefficient (Wildman–Crippen LogP) is 9.58. The first-order valence-electron chi connectivity index (χ1n) is 18.5. The molecule has 0 saturated carbocycles. The summed E-state index contributed by atoms with van der Waals surface area (Å²) in [6.45, 7) is 5.13. The Balaban J connectivity index is 4.42. The number of ether oxygens (including phenoxy) is 2. The Morgan fingerprint density at radius 1 is 0.667 bits per heavy atom. The fourth-order valence-corrected chi connectivity index (χ4v) is 5.15. The van der Waals surface area contributed by atoms with Gasteiger partial charge in [0.25, 0.3) is 7.82 Å². The van der Waals surface area contributed by atoms with E-state index in [4.69, 9.17) is 18.5 Å². The average Bonchev–Trinajstić information content (AvgIpc) is 3.03. The van der Waals surface area contributed by atoms with E-state index in [1.807, 2.05) is 21.1 Å². The van der Waals surface area contributed by atoms with Crippen molar-refractivity contribution in [3.05, 3.63) is 60.8 Å². The molecule has 0 bridgehead atoms. The number of carbonyl (C=O) groups is 1. The fraction of sp³-hybridized carbons (Fsp3) is 0.718. The van der Waals surface area contributed by atoms with Gasteiger partial charge in [-0.05, 0) is 70.6 Å². The van der Waals surface area contributed by atoms with Crippen molar-refractivity contribution >= 4 is 13.8 Å². The molecule has 2 atom stereocenters. The van der Waals surface area contributed by atoms with Crippen LogP contribution in [0, 0.1) is 0 Å². The Morgan fingerprint density at radius 3 is 1.83 bits per heavy atom. The molecule has 0 aliphatic rings. The minimum absolute atomic E-state index is 0.0140. The van der Waals surface area contributed by atoms with Gasteiger partial charge in [-0.1, -0.05) is 107 Å². The number of carbonyl (C=O) groups excluding carboxylic acids is 1. The number of likely N-dealkylation sites (N-methyl/N-ethyl adjacent to an activating group) is 1. The topological polar surface area (TPSA) is 94.1 Å². The minimum atomic E-state index is -4.53. The summed E-state index contributed by atoms with van der Waals surface area (Å²) < 4.78 is 34.3. The maximum Gasteiger partial charge on any atom is 0.306 e. The third kappa shape index (κ3) is 35.5. The number of nitrogens with zero attached hydrogens (tertiary/aromatic N) is 1. The fourth-order valence-electron chi connectivity index (χ4n) is 4.42. The van der Waals surface area contributed by atoms with E-state index in [-0.39, 0.29) is 32.2 Å². The molecular weight excluding hydrogens is 625 g/mol. The Bertz CT molecular complexity index is 952. The van der Waals surface area contributed by atoms with Crippen LogP contribution in [0.15, 0.2) is 60.8 Å². The molecule has 0 heterocycles. The van der Waals surface area contributed by atoms with Crippen LogP contribution in [0.3, 0.4) is 0 Å². The van der Waals surface area contributed by atoms with E-state index in [1.54, 1.807) is 0 Å². The molecule has 0 N–H and O–H groups in total. The van der Waals surface area contributed by atoms with E-state index >= 15 is 0 Å². The van der Waals surface area contributed by atoms with Crippen LogP contribution < -0.4 is 4.89 Å². The number of allylic oxidation sites excluding steroid dienone is 10. The zero-order chi connectivity index (χ0) is 35.6. The van der Waals surface area contributed by atoms with Crippen molar-refractivity contribution in [2.75, 3.05) is 54.1 Å². The van der Waals surface area contributed by atoms with Crippen molar-refractivity contribution in [2.45, 2.75) is 129 Å². The van der Waals surface area contributed by atoms with Crippen LogP contribution in [-0.2, 0) is 27.9 Å². The molecule has 0 aromatic carbocycles. The van der Waals surface area contributed by atoms with Crippen LogP contribution in [0.5, 0.6) is 0 Å². The molecule has 0 aliphatic heterocycles. The summed E-state index contributed by atoms with van der Waals surface area (Å²) in [5.74, 6) is -0.381. The zero-order valence-electron chi connectivity index (χ0n) is 31.2. The van der Waals surface area contributed by atoms with Crippen molar-refractivity contribution in [2.24, 2.45) is 0 Å². The van der Waals surface area contributed by atoms with E-state index in [0.29, 0.717) is 24.1 Å². The van der Waals surface area contributed by atoms with Gasteiger partial charge in [0, 0.05) is 13.0 Å². The highest BCUT2D eigenvalue weighted by atomic mass is 31.2. The lowest BCUT2D eigenvalue weighted by Crippen LogP contribution is -2.37. The molecule has 0 rings (SSSR count). The van der Waals surface area contributed by atoms with E-state index in [9.17, 15) is 14.3 Å². The predicted molar refractivity (Wildman–Crippen MR) is 199 cm³/mol. The van der Waals surface area contributed by atoms with Gasteiger partial charge in [-0.15, -0.1) is 0 Å². The number of hydrogen-bond donors (Lipinski definition) is 0. The van der Waals surface area contributed by atoms with Gasteiger partial charge in [-0.3, -0.25) is 9.36 Å². The lowest BCUT2D eigenvalue weighted by Gasteiger charge is -2.28. The van der Waals surface area contributed by atoms with E-state index in [0.717, 1.165) is 64.2 Å². The Labute approximate surface area is 294 Å². The number of rotatable bonds is 33. The summed E-state index contributed by atoms with van der Waals surface area (Å²) in [5.41, 5.74) is 0. The van der Waals surface area contributed by atoms with Crippen LogP contribution in [0.25, 0.3) is 0 Å². The molecule has 0 aromatic rings. The van der Waals surface area contributed by atoms with Crippen LogP contribution >= 0.6 is 7.82 Å². The van der Waals surface area contributed by atoms with Crippen LogP contribution in [0.2, 0.25) is 0 Å². The summed E-state index contributed by atoms with van der Waals surface area (Å²) in [7, 11) is 1.31. The summed E-state index contributed by atoms with van der Waals surface area (Å²) in [6, 6.07) is 0. The molecule has 8 nitrogen and oxygen atoms in total. The minimum Gasteiger partial charge on any atom is -0.756 e. The first kappa shape index (κ1) is 46.2. The number of hydrogen-bond acceptors (Lipinski definition) is 7. The highest BCUT2D eigenvalue weighted by Gasteiger charge is 2.20. The molecule has 278 valence electrons. The molecule has 0 aliphatic carbocycles. The second-order valence-electron chi connectivity index (χ2n) is 13.2. The smallest absolute Gasteiger partial charge is 0.306 e. The largest absolute Gasteiger partial charge is 0.756 e. The monoisotopic (exact) mass is 695 g/mol. The molecule has 9 heteroatoms. The number of unbranched alkanes of at least 4 members (excludes halogenated alkanes) is 9. The average molecular weight is 696 g/mol. The number of esters is 1. The van der Waals surface area contributed by atoms with Crippen molar-refractivity contribution in [3.8, 4) is 0 Å². The van der Waals surface area contributed by atoms with Gasteiger partial charge in [0.15, 0.2) is 0 Å². The van der Waals surface area contributed by atoms with Crippen LogP contribution in [0.4, 0.5) is 0 Å². The molecule has 48 heavy (non-hydrogen) atoms. The Kier molecular flexibility index (Phi) is 31.2. The van der Waals surface area contributed by atoms with Crippen molar-refractivity contribution < 1.29 is 37.3 Å². The van der Waals surface area contributed by atoms with Gasteiger partial charge in [-0.25, -0.2) is 0 Å². The van der Waals surface area contributed by atoms with Crippen molar-refractivity contribution in [3.63, 3.8) is 0 Å². The molecule has 0 aromatic heterocycles. The number of quaternary nitrogens is 1. The second kappa shape index (κ2) is 32.4. The van der Waals surface area contributed by atoms with Crippen molar-refractivity contribution in [1.82, 2.24) is 0 Å². The SMILES string of the molecule is CC/C=C\C/C=C\C/C=C\C/C=C\CCCCC(=O)OC(COCCCCCCCC/C=C\CCC)COP(=O)([O-])OCC[N+](C)(C)C. The summed E-state index contributed by atoms with van der Waals surface area (Å²) in [6.07, 6.45) is 38.1. The lowest BCUT2D eigenvalue weighted by molar-refractivity contribution is -0.870. The van der Waals surface area contributed by atoms with Gasteiger partial charge in [0.1, 0.15) is 19.3 Å². The molecule has 0 radical (unpaired) electrons. The summed E-state index contributed by atoms with van der Waals surface area (Å²) in [5, 5.41) is 0. The van der Waals surface area contributed by atoms with Gasteiger partial charge < -0.3 is 27.9 Å². The summed E-state index contributed by atoms with van der Waals surface area (Å²) in [4.78, 5) is 24.9. The lowest BCUT2D eigenvalue weighted by atomic mass is 10.1. The van der Waals surface area contributed by atoms with Gasteiger partial charge in [-0.2, -0.15) is 0 Å². The molecule has 2 unspecified atom stereocenters. The van der Waals surface area contributed by atoms with Crippen LogP contribution in [0.1, 0.15) is 123 Å². The number of phosphoric ester groups is 1. The first-order chi connectivity index (χ1) is 23.1. The number of phosphoric acid groups is 1. The zero-order valence-corrected chi connectivity index (χ0v) is 32.1. The third-order valence-corrected chi connectivity index (χ3v) is 8.25. The first-order valence-corrected chi connectivity index (χ1v) is 20.0. The quantitative estimate of drug-likeness (QED) is 0.0222. The maximum atomic E-state index is 12.6. The standard InChI is InChI=1S/C39H70NO7P/c1-6-8-10-12-14-16-18-19-20-21-22-24-26-28-30-32-39(41)47-38(37-46-48(42,43)45-35-33-40(3,4)5)36-44-34-31-29-27-25-23-17-15-13-11-9-7-2/h8,10-11,13-14,16,19-20,22,24,38H,6-7,9,12,15,17-18,21,23,25-37H2,1-5H3/b10-8-,13-11-,16-14-,20-19-,24-22-. The molecule has 0 spiro atoms. The van der Waals surface area contributed by atoms with Gasteiger partial charge >= 0.3 is 5.97 Å². The molecule has 0 saturated heterocycles. The summed E-state index contributed by atoms with van der Waals surface area (Å²) >= 11 is 0. The molecule has 0 amide bonds. The van der Waals surface area contributed by atoms with E-state index < -0.39 is 13.9 Å². The van der Waals surface area contributed by atoms with E-state index in [1.165, 1.54) is 32.1 Å². The Hall–Kier alpha value is -1.80. The van der Waals surface area contributed by atoms with Gasteiger partial charge in [0.2, 0.25) is 0 Å².